The first-order valence-corrected chi connectivity index (χ1v) is 16.4. The molecule has 0 amide bonds. The molecule has 266 valence electrons. The molecule has 0 saturated heterocycles. The van der Waals surface area contributed by atoms with Crippen molar-refractivity contribution in [1.82, 2.24) is 9.80 Å². The summed E-state index contributed by atoms with van der Waals surface area (Å²) in [6.45, 7) is 8.30. The molecule has 4 aromatic rings. The van der Waals surface area contributed by atoms with E-state index in [1.165, 1.54) is 13.2 Å². The van der Waals surface area contributed by atoms with Crippen LogP contribution in [0.4, 0.5) is 8.78 Å². The molecule has 0 spiro atoms. The summed E-state index contributed by atoms with van der Waals surface area (Å²) in [5.41, 5.74) is 8.15. The van der Waals surface area contributed by atoms with Crippen LogP contribution in [0, 0.1) is 25.5 Å². The number of carbonyl (C=O) groups is 1. The molecule has 0 aliphatic rings. The number of carbonyl (C=O) groups excluding carboxylic acids is 2. The summed E-state index contributed by atoms with van der Waals surface area (Å²) in [5, 5.41) is 8.93. The van der Waals surface area contributed by atoms with Gasteiger partial charge < -0.3 is 24.4 Å². The van der Waals surface area contributed by atoms with Crippen molar-refractivity contribution in [2.75, 3.05) is 41.4 Å². The molecular weight excluding hydrogens is 642 g/mol. The zero-order valence-electron chi connectivity index (χ0n) is 29.9. The highest BCUT2D eigenvalue weighted by Gasteiger charge is 2.20. The van der Waals surface area contributed by atoms with Gasteiger partial charge in [-0.1, -0.05) is 43.3 Å². The van der Waals surface area contributed by atoms with Gasteiger partial charge in [0, 0.05) is 30.6 Å². The topological polar surface area (TPSA) is 96.4 Å². The number of hydrogen-bond donors (Lipinski definition) is 1. The first-order chi connectivity index (χ1) is 23.9. The lowest BCUT2D eigenvalue weighted by atomic mass is 9.87. The molecule has 0 fully saturated rings. The zero-order chi connectivity index (χ0) is 37.0. The van der Waals surface area contributed by atoms with Gasteiger partial charge in [-0.25, -0.2) is 8.78 Å². The summed E-state index contributed by atoms with van der Waals surface area (Å²) in [5.74, 6) is -0.561. The molecule has 4 rings (SSSR count). The summed E-state index contributed by atoms with van der Waals surface area (Å²) in [6, 6.07) is 18.9. The van der Waals surface area contributed by atoms with Gasteiger partial charge in [0.2, 0.25) is 0 Å². The number of benzene rings is 4. The van der Waals surface area contributed by atoms with E-state index in [4.69, 9.17) is 24.2 Å². The van der Waals surface area contributed by atoms with E-state index in [9.17, 15) is 4.79 Å². The Labute approximate surface area is 293 Å². The van der Waals surface area contributed by atoms with Crippen LogP contribution >= 0.6 is 0 Å². The van der Waals surface area contributed by atoms with Crippen LogP contribution in [0.3, 0.4) is 0 Å². The number of carboxylic acid groups (broad SMARTS) is 1. The van der Waals surface area contributed by atoms with Crippen molar-refractivity contribution in [2.45, 2.75) is 53.1 Å². The van der Waals surface area contributed by atoms with Gasteiger partial charge in [0.1, 0.15) is 23.1 Å². The number of rotatable bonds is 15. The number of ether oxygens (including phenoxy) is 2. The van der Waals surface area contributed by atoms with Gasteiger partial charge >= 0.3 is 12.1 Å². The van der Waals surface area contributed by atoms with Crippen LogP contribution in [-0.4, -0.2) is 68.4 Å². The van der Waals surface area contributed by atoms with Gasteiger partial charge in [0.25, 0.3) is 0 Å². The molecule has 0 heterocycles. The predicted octanol–water partition coefficient (Wildman–Crippen LogP) is 8.15. The van der Waals surface area contributed by atoms with Gasteiger partial charge in [-0.05, 0) is 123 Å². The van der Waals surface area contributed by atoms with Crippen LogP contribution in [0.15, 0.2) is 60.7 Å². The SMILES string of the molecule is CCCN(C)Cc1c(F)cc(-c2cccc(-c3cccc(-c4cc(F)c(CN(C)CCCC(=O)O)c(OC)c4)c3C)c2C)cc1OC.O=C=O. The third-order valence-corrected chi connectivity index (χ3v) is 8.72. The van der Waals surface area contributed by atoms with E-state index in [2.05, 4.69) is 17.9 Å². The van der Waals surface area contributed by atoms with Crippen molar-refractivity contribution >= 4 is 12.1 Å². The van der Waals surface area contributed by atoms with Gasteiger partial charge in [0.05, 0.1) is 14.2 Å². The molecule has 0 aliphatic heterocycles. The quantitative estimate of drug-likeness (QED) is 0.134. The second kappa shape index (κ2) is 18.8. The van der Waals surface area contributed by atoms with Crippen LogP contribution < -0.4 is 9.47 Å². The molecule has 0 atom stereocenters. The monoisotopic (exact) mass is 688 g/mol. The number of nitrogens with zero attached hydrogens (tertiary/aromatic N) is 2. The molecule has 8 nitrogen and oxygen atoms in total. The Hall–Kier alpha value is -4.89. The second-order valence-corrected chi connectivity index (χ2v) is 12.3. The van der Waals surface area contributed by atoms with Crippen molar-refractivity contribution in [3.8, 4) is 44.9 Å². The first-order valence-electron chi connectivity index (χ1n) is 16.4. The van der Waals surface area contributed by atoms with Crippen molar-refractivity contribution in [3.63, 3.8) is 0 Å². The predicted molar refractivity (Wildman–Crippen MR) is 190 cm³/mol. The molecule has 0 saturated carbocycles. The third-order valence-electron chi connectivity index (χ3n) is 8.72. The zero-order valence-corrected chi connectivity index (χ0v) is 29.9. The molecule has 0 radical (unpaired) electrons. The van der Waals surface area contributed by atoms with E-state index in [0.717, 1.165) is 51.9 Å². The smallest absolute Gasteiger partial charge is 0.373 e. The Morgan fingerprint density at radius 3 is 1.52 bits per heavy atom. The average molecular weight is 689 g/mol. The summed E-state index contributed by atoms with van der Waals surface area (Å²) >= 11 is 0. The maximum absolute atomic E-state index is 15.6. The molecule has 0 aromatic heterocycles. The normalized spacial score (nSPS) is 10.9. The number of methoxy groups -OCH3 is 2. The number of carboxylic acids is 1. The third kappa shape index (κ3) is 9.85. The number of aliphatic carboxylic acids is 1. The van der Waals surface area contributed by atoms with Crippen LogP contribution in [0.25, 0.3) is 33.4 Å². The van der Waals surface area contributed by atoms with Crippen LogP contribution in [0.2, 0.25) is 0 Å². The number of halogens is 2. The summed E-state index contributed by atoms with van der Waals surface area (Å²) in [7, 11) is 6.92. The van der Waals surface area contributed by atoms with Crippen molar-refractivity contribution in [2.24, 2.45) is 0 Å². The fourth-order valence-electron chi connectivity index (χ4n) is 6.27. The highest BCUT2D eigenvalue weighted by Crippen LogP contribution is 2.40. The van der Waals surface area contributed by atoms with Crippen LogP contribution in [0.5, 0.6) is 11.5 Å². The standard InChI is InChI=1S/C39H46F2N2O4.CO2/c1-8-17-42(4)23-33-35(40)19-27(21-37(33)46-6)29-12-9-14-31(25(29)2)32-15-10-13-30(26(32)3)28-20-36(41)34(38(22-28)47-7)24-43(5)18-11-16-39(44)45;2-1-3/h9-10,12-15,19-22H,8,11,16-18,23-24H2,1-7H3,(H,44,45);. The molecule has 50 heavy (non-hydrogen) atoms. The lowest BCUT2D eigenvalue weighted by Crippen LogP contribution is -2.21. The highest BCUT2D eigenvalue weighted by molar-refractivity contribution is 5.84. The lowest BCUT2D eigenvalue weighted by molar-refractivity contribution is -0.191. The minimum atomic E-state index is -0.847. The Kier molecular flexibility index (Phi) is 14.8. The molecule has 4 aromatic carbocycles. The van der Waals surface area contributed by atoms with Gasteiger partial charge in [0.15, 0.2) is 0 Å². The Bertz CT molecular complexity index is 1820. The fraction of sp³-hybridized carbons (Fsp3) is 0.350. The maximum Gasteiger partial charge on any atom is 0.373 e. The molecule has 0 unspecified atom stereocenters. The maximum atomic E-state index is 15.6. The van der Waals surface area contributed by atoms with E-state index in [0.29, 0.717) is 54.2 Å². The number of hydrogen-bond acceptors (Lipinski definition) is 7. The van der Waals surface area contributed by atoms with E-state index < -0.39 is 5.97 Å². The highest BCUT2D eigenvalue weighted by atomic mass is 19.1. The molecule has 0 aliphatic carbocycles. The van der Waals surface area contributed by atoms with E-state index in [-0.39, 0.29) is 24.2 Å². The van der Waals surface area contributed by atoms with E-state index in [1.807, 2.05) is 75.3 Å². The minimum Gasteiger partial charge on any atom is -0.496 e. The van der Waals surface area contributed by atoms with Crippen molar-refractivity contribution in [1.29, 1.82) is 0 Å². The van der Waals surface area contributed by atoms with Crippen molar-refractivity contribution < 1.29 is 37.7 Å². The lowest BCUT2D eigenvalue weighted by Gasteiger charge is -2.21. The largest absolute Gasteiger partial charge is 0.496 e. The van der Waals surface area contributed by atoms with Gasteiger partial charge in [-0.3, -0.25) is 4.79 Å². The second-order valence-electron chi connectivity index (χ2n) is 12.3. The molecule has 10 heteroatoms. The van der Waals surface area contributed by atoms with E-state index in [1.54, 1.807) is 13.2 Å². The minimum absolute atomic E-state index is 0.0647. The molecular formula is C40H46F2N2O6. The first kappa shape index (κ1) is 39.5. The van der Waals surface area contributed by atoms with Crippen molar-refractivity contribution in [3.05, 3.63) is 94.6 Å². The van der Waals surface area contributed by atoms with Gasteiger partial charge in [-0.15, -0.1) is 0 Å². The van der Waals surface area contributed by atoms with Crippen LogP contribution in [-0.2, 0) is 27.5 Å². The van der Waals surface area contributed by atoms with Crippen LogP contribution in [0.1, 0.15) is 48.4 Å². The molecule has 1 N–H and O–H groups in total. The fourth-order valence-corrected chi connectivity index (χ4v) is 6.27. The van der Waals surface area contributed by atoms with E-state index >= 15 is 8.78 Å². The van der Waals surface area contributed by atoms with Gasteiger partial charge in [-0.2, -0.15) is 9.59 Å². The Morgan fingerprint density at radius 2 is 1.14 bits per heavy atom. The Morgan fingerprint density at radius 1 is 0.740 bits per heavy atom. The summed E-state index contributed by atoms with van der Waals surface area (Å²) in [4.78, 5) is 31.1. The average Bonchev–Trinajstić information content (AvgIpc) is 3.07. The summed E-state index contributed by atoms with van der Waals surface area (Å²) in [6.07, 6.45) is 1.77. The molecule has 0 bridgehead atoms. The summed E-state index contributed by atoms with van der Waals surface area (Å²) < 4.78 is 42.5. The Balaban J connectivity index is 0.00000217.